The summed E-state index contributed by atoms with van der Waals surface area (Å²) in [6.45, 7) is 11.6. The fraction of sp³-hybridized carbons (Fsp3) is 0.800. The molecule has 134 valence electrons. The van der Waals surface area contributed by atoms with Gasteiger partial charge >= 0.3 is 0 Å². The molecule has 0 fully saturated rings. The third kappa shape index (κ3) is 7.96. The van der Waals surface area contributed by atoms with Gasteiger partial charge in [-0.3, -0.25) is 14.6 Å². The Hall–Kier alpha value is -0.900. The molecule has 0 amide bonds. The molecule has 8 heteroatoms. The molecular weight excluding hydrogens is 405 g/mol. The quantitative estimate of drug-likeness (QED) is 0.280. The first-order valence-electron chi connectivity index (χ1n) is 7.98. The molecule has 7 nitrogen and oxygen atoms in total. The van der Waals surface area contributed by atoms with E-state index >= 15 is 0 Å². The van der Waals surface area contributed by atoms with Crippen LogP contribution in [0.4, 0.5) is 0 Å². The molecule has 1 aromatic rings. The predicted octanol–water partition coefficient (Wildman–Crippen LogP) is 1.61. The van der Waals surface area contributed by atoms with Crippen LogP contribution in [0.25, 0.3) is 0 Å². The van der Waals surface area contributed by atoms with Gasteiger partial charge in [0.2, 0.25) is 0 Å². The first-order valence-corrected chi connectivity index (χ1v) is 7.98. The summed E-state index contributed by atoms with van der Waals surface area (Å²) < 4.78 is 1.75. The van der Waals surface area contributed by atoms with Crippen molar-refractivity contribution in [2.75, 3.05) is 20.1 Å². The Morgan fingerprint density at radius 1 is 1.26 bits per heavy atom. The van der Waals surface area contributed by atoms with E-state index in [1.807, 2.05) is 7.05 Å². The average Bonchev–Trinajstić information content (AvgIpc) is 2.86. The summed E-state index contributed by atoms with van der Waals surface area (Å²) in [6, 6.07) is 1.15. The summed E-state index contributed by atoms with van der Waals surface area (Å²) in [7, 11) is 3.66. The number of aromatic nitrogens is 3. The van der Waals surface area contributed by atoms with Crippen molar-refractivity contribution in [3.63, 3.8) is 0 Å². The second kappa shape index (κ2) is 11.6. The Labute approximate surface area is 157 Å². The van der Waals surface area contributed by atoms with Gasteiger partial charge in [0.05, 0.1) is 6.54 Å². The maximum Gasteiger partial charge on any atom is 0.191 e. The minimum atomic E-state index is 0. The van der Waals surface area contributed by atoms with Crippen LogP contribution in [-0.2, 0) is 13.6 Å². The maximum absolute atomic E-state index is 4.23. The molecule has 0 aromatic carbocycles. The van der Waals surface area contributed by atoms with Crippen LogP contribution in [0.5, 0.6) is 0 Å². The molecule has 0 saturated carbocycles. The van der Waals surface area contributed by atoms with Crippen molar-refractivity contribution in [1.29, 1.82) is 0 Å². The number of nitrogens with zero attached hydrogens (tertiary/aromatic N) is 5. The zero-order valence-electron chi connectivity index (χ0n) is 15.2. The summed E-state index contributed by atoms with van der Waals surface area (Å²) in [5, 5.41) is 10.6. The van der Waals surface area contributed by atoms with Crippen molar-refractivity contribution in [3.8, 4) is 0 Å². The summed E-state index contributed by atoms with van der Waals surface area (Å²) >= 11 is 0. The van der Waals surface area contributed by atoms with E-state index in [4.69, 9.17) is 0 Å². The highest BCUT2D eigenvalue weighted by atomic mass is 127. The van der Waals surface area contributed by atoms with Crippen molar-refractivity contribution in [3.05, 3.63) is 12.2 Å². The van der Waals surface area contributed by atoms with Gasteiger partial charge in [-0.25, -0.2) is 4.98 Å². The molecule has 23 heavy (non-hydrogen) atoms. The molecule has 0 aliphatic heterocycles. The van der Waals surface area contributed by atoms with Crippen LogP contribution in [0.3, 0.4) is 0 Å². The highest BCUT2D eigenvalue weighted by Gasteiger charge is 2.12. The van der Waals surface area contributed by atoms with Gasteiger partial charge in [0, 0.05) is 39.3 Å². The third-order valence-electron chi connectivity index (χ3n) is 3.65. The van der Waals surface area contributed by atoms with E-state index in [1.165, 1.54) is 0 Å². The second-order valence-electron chi connectivity index (χ2n) is 5.93. The molecule has 0 atom stereocenters. The molecule has 0 unspecified atom stereocenters. The van der Waals surface area contributed by atoms with Crippen molar-refractivity contribution in [2.45, 2.75) is 52.7 Å². The standard InChI is InChI=1S/C15H31N7.HI/c1-12(2)22(13(3)4)9-7-8-17-15(16-5)18-10-14-19-11-20-21(14)6;/h11-13H,7-10H2,1-6H3,(H2,16,17,18);1H. The van der Waals surface area contributed by atoms with Crippen molar-refractivity contribution >= 4 is 29.9 Å². The Balaban J connectivity index is 0.00000484. The number of nitrogens with one attached hydrogen (secondary N) is 2. The van der Waals surface area contributed by atoms with E-state index < -0.39 is 0 Å². The molecule has 0 radical (unpaired) electrons. The fourth-order valence-corrected chi connectivity index (χ4v) is 2.44. The molecule has 0 bridgehead atoms. The lowest BCUT2D eigenvalue weighted by Gasteiger charge is -2.30. The normalized spacial score (nSPS) is 12.0. The first kappa shape index (κ1) is 22.1. The van der Waals surface area contributed by atoms with E-state index in [1.54, 1.807) is 18.1 Å². The van der Waals surface area contributed by atoms with Crippen molar-refractivity contribution in [2.24, 2.45) is 12.0 Å². The fourth-order valence-electron chi connectivity index (χ4n) is 2.44. The Kier molecular flexibility index (Phi) is 11.2. The van der Waals surface area contributed by atoms with Crippen molar-refractivity contribution in [1.82, 2.24) is 30.3 Å². The summed E-state index contributed by atoms with van der Waals surface area (Å²) in [6.07, 6.45) is 2.64. The predicted molar refractivity (Wildman–Crippen MR) is 106 cm³/mol. The number of hydrogen-bond donors (Lipinski definition) is 2. The molecule has 0 saturated heterocycles. The van der Waals surface area contributed by atoms with Gasteiger partial charge in [-0.2, -0.15) is 5.10 Å². The van der Waals surface area contributed by atoms with Crippen LogP contribution in [0.1, 0.15) is 39.9 Å². The lowest BCUT2D eigenvalue weighted by atomic mass is 10.2. The van der Waals surface area contributed by atoms with Crippen LogP contribution < -0.4 is 10.6 Å². The summed E-state index contributed by atoms with van der Waals surface area (Å²) in [5.74, 6) is 1.68. The highest BCUT2D eigenvalue weighted by molar-refractivity contribution is 14.0. The SMILES string of the molecule is CN=C(NCCCN(C(C)C)C(C)C)NCc1ncnn1C.I. The van der Waals surface area contributed by atoms with Gasteiger partial charge in [-0.1, -0.05) is 0 Å². The second-order valence-corrected chi connectivity index (χ2v) is 5.93. The van der Waals surface area contributed by atoms with E-state index in [0.29, 0.717) is 18.6 Å². The maximum atomic E-state index is 4.23. The summed E-state index contributed by atoms with van der Waals surface area (Å²) in [5.41, 5.74) is 0. The first-order chi connectivity index (χ1) is 10.5. The topological polar surface area (TPSA) is 70.4 Å². The van der Waals surface area contributed by atoms with E-state index in [2.05, 4.69) is 58.3 Å². The number of halogens is 1. The van der Waals surface area contributed by atoms with Crippen LogP contribution in [0.2, 0.25) is 0 Å². The van der Waals surface area contributed by atoms with Gasteiger partial charge in [0.25, 0.3) is 0 Å². The Morgan fingerprint density at radius 3 is 2.39 bits per heavy atom. The number of aryl methyl sites for hydroxylation is 1. The van der Waals surface area contributed by atoms with Gasteiger partial charge < -0.3 is 10.6 Å². The Morgan fingerprint density at radius 2 is 1.91 bits per heavy atom. The molecule has 1 rings (SSSR count). The van der Waals surface area contributed by atoms with Gasteiger partial charge in [-0.15, -0.1) is 24.0 Å². The molecule has 1 aromatic heterocycles. The molecule has 0 aliphatic carbocycles. The number of guanidine groups is 1. The zero-order valence-corrected chi connectivity index (χ0v) is 17.5. The summed E-state index contributed by atoms with van der Waals surface area (Å²) in [4.78, 5) is 10.9. The minimum absolute atomic E-state index is 0. The van der Waals surface area contributed by atoms with Crippen LogP contribution in [-0.4, -0.2) is 57.8 Å². The third-order valence-corrected chi connectivity index (χ3v) is 3.65. The number of hydrogen-bond acceptors (Lipinski definition) is 4. The molecular formula is C15H32IN7. The zero-order chi connectivity index (χ0) is 16.5. The van der Waals surface area contributed by atoms with E-state index in [9.17, 15) is 0 Å². The molecule has 0 spiro atoms. The van der Waals surface area contributed by atoms with Crippen LogP contribution >= 0.6 is 24.0 Å². The van der Waals surface area contributed by atoms with E-state index in [-0.39, 0.29) is 24.0 Å². The average molecular weight is 437 g/mol. The van der Waals surface area contributed by atoms with Crippen molar-refractivity contribution < 1.29 is 0 Å². The van der Waals surface area contributed by atoms with Crippen LogP contribution in [0.15, 0.2) is 11.3 Å². The van der Waals surface area contributed by atoms with Gasteiger partial charge in [0.15, 0.2) is 5.96 Å². The smallest absolute Gasteiger partial charge is 0.191 e. The number of aliphatic imine (C=N–C) groups is 1. The molecule has 0 aliphatic rings. The van der Waals surface area contributed by atoms with Gasteiger partial charge in [-0.05, 0) is 34.1 Å². The van der Waals surface area contributed by atoms with E-state index in [0.717, 1.165) is 31.3 Å². The van der Waals surface area contributed by atoms with Crippen LogP contribution in [0, 0.1) is 0 Å². The largest absolute Gasteiger partial charge is 0.356 e. The highest BCUT2D eigenvalue weighted by Crippen LogP contribution is 2.05. The number of rotatable bonds is 8. The monoisotopic (exact) mass is 437 g/mol. The minimum Gasteiger partial charge on any atom is -0.356 e. The molecule has 2 N–H and O–H groups in total. The molecule has 1 heterocycles. The lowest BCUT2D eigenvalue weighted by Crippen LogP contribution is -2.41. The lowest BCUT2D eigenvalue weighted by molar-refractivity contribution is 0.173. The Bertz CT molecular complexity index is 448. The van der Waals surface area contributed by atoms with Gasteiger partial charge in [0.1, 0.15) is 12.2 Å².